The van der Waals surface area contributed by atoms with E-state index in [1.54, 1.807) is 0 Å². The first-order chi connectivity index (χ1) is 10.6. The molecule has 1 aliphatic heterocycles. The second-order valence-corrected chi connectivity index (χ2v) is 6.12. The fraction of sp³-hybridized carbons (Fsp3) is 0.588. The van der Waals surface area contributed by atoms with Gasteiger partial charge in [-0.3, -0.25) is 9.69 Å². The number of hydrogen-bond acceptors (Lipinski definition) is 4. The number of aliphatic hydroxyl groups excluding tert-OH is 1. The Morgan fingerprint density at radius 3 is 2.68 bits per heavy atom. The Balaban J connectivity index is 1.88. The van der Waals surface area contributed by atoms with E-state index < -0.39 is 0 Å². The Bertz CT molecular complexity index is 471. The largest absolute Gasteiger partial charge is 0.396 e. The molecule has 1 heterocycles. The van der Waals surface area contributed by atoms with Gasteiger partial charge in [-0.25, -0.2) is 0 Å². The zero-order chi connectivity index (χ0) is 15.9. The lowest BCUT2D eigenvalue weighted by Crippen LogP contribution is -2.44. The molecule has 0 saturated carbocycles. The highest BCUT2D eigenvalue weighted by molar-refractivity contribution is 5.92. The Labute approximate surface area is 132 Å². The summed E-state index contributed by atoms with van der Waals surface area (Å²) in [5.74, 6) is 0.0162. The van der Waals surface area contributed by atoms with Crippen molar-refractivity contribution in [3.63, 3.8) is 0 Å². The molecule has 2 N–H and O–H groups in total. The van der Waals surface area contributed by atoms with Gasteiger partial charge in [0.05, 0.1) is 6.54 Å². The quantitative estimate of drug-likeness (QED) is 0.843. The highest BCUT2D eigenvalue weighted by atomic mass is 16.3. The maximum atomic E-state index is 12.2. The lowest BCUT2D eigenvalue weighted by atomic mass is 10.00. The molecule has 2 rings (SSSR count). The molecule has 1 aromatic carbocycles. The van der Waals surface area contributed by atoms with Crippen LogP contribution in [0, 0.1) is 0 Å². The molecule has 0 aliphatic carbocycles. The van der Waals surface area contributed by atoms with E-state index in [1.807, 2.05) is 43.3 Å². The van der Waals surface area contributed by atoms with Crippen molar-refractivity contribution < 1.29 is 9.90 Å². The third-order valence-corrected chi connectivity index (χ3v) is 4.23. The molecule has 5 nitrogen and oxygen atoms in total. The number of anilines is 2. The van der Waals surface area contributed by atoms with Crippen LogP contribution in [-0.4, -0.2) is 55.7 Å². The van der Waals surface area contributed by atoms with Crippen molar-refractivity contribution in [2.75, 3.05) is 44.0 Å². The molecule has 5 heteroatoms. The minimum Gasteiger partial charge on any atom is -0.396 e. The summed E-state index contributed by atoms with van der Waals surface area (Å²) >= 11 is 0. The highest BCUT2D eigenvalue weighted by Gasteiger charge is 2.23. The van der Waals surface area contributed by atoms with E-state index in [4.69, 9.17) is 5.11 Å². The van der Waals surface area contributed by atoms with Crippen LogP contribution < -0.4 is 10.2 Å². The Hall–Kier alpha value is -1.59. The number of piperidine rings is 1. The van der Waals surface area contributed by atoms with E-state index in [0.717, 1.165) is 37.2 Å². The van der Waals surface area contributed by atoms with Crippen LogP contribution in [0.25, 0.3) is 0 Å². The number of aliphatic hydroxyl groups is 1. The van der Waals surface area contributed by atoms with Crippen LogP contribution in [0.5, 0.6) is 0 Å². The van der Waals surface area contributed by atoms with Crippen molar-refractivity contribution in [3.05, 3.63) is 24.3 Å². The Morgan fingerprint density at radius 1 is 1.32 bits per heavy atom. The number of amides is 1. The van der Waals surface area contributed by atoms with Crippen molar-refractivity contribution in [2.45, 2.75) is 31.7 Å². The molecular formula is C17H27N3O2. The second-order valence-electron chi connectivity index (χ2n) is 6.12. The number of hydrogen-bond donors (Lipinski definition) is 2. The van der Waals surface area contributed by atoms with Gasteiger partial charge in [0.1, 0.15) is 0 Å². The van der Waals surface area contributed by atoms with Crippen LogP contribution in [0.15, 0.2) is 24.3 Å². The maximum absolute atomic E-state index is 12.2. The van der Waals surface area contributed by atoms with Gasteiger partial charge in [0.2, 0.25) is 5.91 Å². The van der Waals surface area contributed by atoms with Crippen LogP contribution in [-0.2, 0) is 4.79 Å². The standard InChI is InChI=1S/C17H27N3O2/c1-19(2)15-8-6-14(7-9-15)18-17(22)13-20-11-4-3-5-16(20)10-12-21/h6-9,16,21H,3-5,10-13H2,1-2H3,(H,18,22). The number of rotatable bonds is 6. The molecule has 22 heavy (non-hydrogen) atoms. The molecule has 1 saturated heterocycles. The number of carbonyl (C=O) groups excluding carboxylic acids is 1. The van der Waals surface area contributed by atoms with Crippen molar-refractivity contribution in [3.8, 4) is 0 Å². The zero-order valence-electron chi connectivity index (χ0n) is 13.6. The lowest BCUT2D eigenvalue weighted by Gasteiger charge is -2.34. The minimum absolute atomic E-state index is 0.0162. The molecule has 0 aromatic heterocycles. The van der Waals surface area contributed by atoms with Crippen molar-refractivity contribution in [1.29, 1.82) is 0 Å². The zero-order valence-corrected chi connectivity index (χ0v) is 13.6. The first-order valence-corrected chi connectivity index (χ1v) is 8.02. The van der Waals surface area contributed by atoms with Gasteiger partial charge < -0.3 is 15.3 Å². The van der Waals surface area contributed by atoms with Crippen LogP contribution in [0.4, 0.5) is 11.4 Å². The predicted molar refractivity (Wildman–Crippen MR) is 90.3 cm³/mol. The van der Waals surface area contributed by atoms with Gasteiger partial charge in [0.15, 0.2) is 0 Å². The van der Waals surface area contributed by atoms with E-state index in [0.29, 0.717) is 12.6 Å². The van der Waals surface area contributed by atoms with Gasteiger partial charge in [-0.2, -0.15) is 0 Å². The molecule has 0 spiro atoms. The van der Waals surface area contributed by atoms with E-state index in [1.165, 1.54) is 6.42 Å². The van der Waals surface area contributed by atoms with Crippen LogP contribution >= 0.6 is 0 Å². The smallest absolute Gasteiger partial charge is 0.238 e. The monoisotopic (exact) mass is 305 g/mol. The van der Waals surface area contributed by atoms with Crippen molar-refractivity contribution in [1.82, 2.24) is 4.90 Å². The topological polar surface area (TPSA) is 55.8 Å². The van der Waals surface area contributed by atoms with Crippen LogP contribution in [0.1, 0.15) is 25.7 Å². The van der Waals surface area contributed by atoms with E-state index in [9.17, 15) is 4.79 Å². The summed E-state index contributed by atoms with van der Waals surface area (Å²) in [6, 6.07) is 8.17. The summed E-state index contributed by atoms with van der Waals surface area (Å²) in [6.45, 7) is 1.53. The Kier molecular flexibility index (Phi) is 6.21. The molecule has 122 valence electrons. The molecule has 1 aliphatic rings. The summed E-state index contributed by atoms with van der Waals surface area (Å²) in [5.41, 5.74) is 1.93. The normalized spacial score (nSPS) is 19.0. The number of carbonyl (C=O) groups is 1. The van der Waals surface area contributed by atoms with Crippen molar-refractivity contribution in [2.24, 2.45) is 0 Å². The number of nitrogens with zero attached hydrogens (tertiary/aromatic N) is 2. The summed E-state index contributed by atoms with van der Waals surface area (Å²) in [5, 5.41) is 12.1. The summed E-state index contributed by atoms with van der Waals surface area (Å²) in [7, 11) is 3.98. The van der Waals surface area contributed by atoms with Crippen LogP contribution in [0.3, 0.4) is 0 Å². The molecule has 1 atom stereocenters. The van der Waals surface area contributed by atoms with E-state index in [-0.39, 0.29) is 12.5 Å². The van der Waals surface area contributed by atoms with Crippen molar-refractivity contribution >= 4 is 17.3 Å². The third-order valence-electron chi connectivity index (χ3n) is 4.23. The number of likely N-dealkylation sites (tertiary alicyclic amines) is 1. The average Bonchev–Trinajstić information content (AvgIpc) is 2.50. The number of nitrogens with one attached hydrogen (secondary N) is 1. The Morgan fingerprint density at radius 2 is 2.05 bits per heavy atom. The molecule has 1 aromatic rings. The van der Waals surface area contributed by atoms with Gasteiger partial charge in [-0.05, 0) is 50.1 Å². The third kappa shape index (κ3) is 4.71. The second kappa shape index (κ2) is 8.15. The molecular weight excluding hydrogens is 278 g/mol. The van der Waals surface area contributed by atoms with Gasteiger partial charge in [0, 0.05) is 38.1 Å². The molecule has 0 bridgehead atoms. The van der Waals surface area contributed by atoms with Gasteiger partial charge >= 0.3 is 0 Å². The molecule has 1 unspecified atom stereocenters. The lowest BCUT2D eigenvalue weighted by molar-refractivity contribution is -0.118. The van der Waals surface area contributed by atoms with Crippen LogP contribution in [0.2, 0.25) is 0 Å². The maximum Gasteiger partial charge on any atom is 0.238 e. The van der Waals surface area contributed by atoms with E-state index >= 15 is 0 Å². The van der Waals surface area contributed by atoms with Gasteiger partial charge in [-0.1, -0.05) is 6.42 Å². The summed E-state index contributed by atoms with van der Waals surface area (Å²) < 4.78 is 0. The first-order valence-electron chi connectivity index (χ1n) is 8.02. The van der Waals surface area contributed by atoms with E-state index in [2.05, 4.69) is 10.2 Å². The fourth-order valence-electron chi connectivity index (χ4n) is 2.97. The minimum atomic E-state index is 0.0162. The number of benzene rings is 1. The highest BCUT2D eigenvalue weighted by Crippen LogP contribution is 2.20. The molecule has 1 fully saturated rings. The molecule has 1 amide bonds. The summed E-state index contributed by atoms with van der Waals surface area (Å²) in [4.78, 5) is 16.4. The predicted octanol–water partition coefficient (Wildman–Crippen LogP) is 1.93. The fourth-order valence-corrected chi connectivity index (χ4v) is 2.97. The summed E-state index contributed by atoms with van der Waals surface area (Å²) in [6.07, 6.45) is 4.15. The average molecular weight is 305 g/mol. The molecule has 0 radical (unpaired) electrons. The first kappa shape index (κ1) is 16.8. The van der Waals surface area contributed by atoms with Gasteiger partial charge in [-0.15, -0.1) is 0 Å². The van der Waals surface area contributed by atoms with Gasteiger partial charge in [0.25, 0.3) is 0 Å². The SMILES string of the molecule is CN(C)c1ccc(NC(=O)CN2CCCCC2CCO)cc1.